The number of hydrogen-bond donors (Lipinski definition) is 1. The third-order valence-corrected chi connectivity index (χ3v) is 3.30. The van der Waals surface area contributed by atoms with Crippen molar-refractivity contribution in [2.24, 2.45) is 5.73 Å². The average Bonchev–Trinajstić information content (AvgIpc) is 3.08. The fourth-order valence-electron chi connectivity index (χ4n) is 2.42. The highest BCUT2D eigenvalue weighted by atomic mass is 16.3. The number of hydrogen-bond acceptors (Lipinski definition) is 4. The Hall–Kier alpha value is -2.34. The van der Waals surface area contributed by atoms with E-state index in [1.807, 2.05) is 23.6 Å². The SMILES string of the molecule is CCn1c(CCN)cc(=O)n2nc(-c3ccco3)cc12. The Bertz CT molecular complexity index is 783. The molecular formula is C14H16N4O2. The topological polar surface area (TPSA) is 78.5 Å². The molecule has 0 spiro atoms. The zero-order chi connectivity index (χ0) is 14.1. The number of furan rings is 1. The number of aromatic nitrogens is 3. The molecule has 3 aromatic rings. The van der Waals surface area contributed by atoms with Gasteiger partial charge in [0.25, 0.3) is 5.56 Å². The quantitative estimate of drug-likeness (QED) is 0.776. The summed E-state index contributed by atoms with van der Waals surface area (Å²) in [6.45, 7) is 3.29. The van der Waals surface area contributed by atoms with Crippen molar-refractivity contribution < 1.29 is 4.42 Å². The van der Waals surface area contributed by atoms with Gasteiger partial charge in [-0.1, -0.05) is 0 Å². The van der Waals surface area contributed by atoms with E-state index in [4.69, 9.17) is 10.2 Å². The van der Waals surface area contributed by atoms with E-state index in [1.165, 1.54) is 4.52 Å². The summed E-state index contributed by atoms with van der Waals surface area (Å²) in [6.07, 6.45) is 2.26. The lowest BCUT2D eigenvalue weighted by Gasteiger charge is -2.11. The zero-order valence-corrected chi connectivity index (χ0v) is 11.2. The van der Waals surface area contributed by atoms with Gasteiger partial charge in [0.15, 0.2) is 5.76 Å². The van der Waals surface area contributed by atoms with Crippen LogP contribution in [0.15, 0.2) is 39.7 Å². The maximum atomic E-state index is 12.1. The zero-order valence-electron chi connectivity index (χ0n) is 11.2. The van der Waals surface area contributed by atoms with Gasteiger partial charge in [0.05, 0.1) is 6.26 Å². The van der Waals surface area contributed by atoms with Crippen LogP contribution in [0.4, 0.5) is 0 Å². The molecule has 0 bridgehead atoms. The first-order valence-corrected chi connectivity index (χ1v) is 6.61. The summed E-state index contributed by atoms with van der Waals surface area (Å²) >= 11 is 0. The van der Waals surface area contributed by atoms with Crippen molar-refractivity contribution in [1.82, 2.24) is 14.2 Å². The molecule has 104 valence electrons. The van der Waals surface area contributed by atoms with E-state index in [0.29, 0.717) is 24.4 Å². The molecular weight excluding hydrogens is 256 g/mol. The summed E-state index contributed by atoms with van der Waals surface area (Å²) in [7, 11) is 0. The largest absolute Gasteiger partial charge is 0.463 e. The van der Waals surface area contributed by atoms with Crippen LogP contribution in [0.5, 0.6) is 0 Å². The van der Waals surface area contributed by atoms with Crippen molar-refractivity contribution in [2.45, 2.75) is 19.9 Å². The summed E-state index contributed by atoms with van der Waals surface area (Å²) in [5.74, 6) is 0.649. The number of fused-ring (bicyclic) bond motifs is 1. The summed E-state index contributed by atoms with van der Waals surface area (Å²) in [5, 5.41) is 4.32. The standard InChI is InChI=1S/C14H16N4O2/c1-2-17-10(5-6-15)8-14(19)18-13(17)9-11(16-18)12-4-3-7-20-12/h3-4,7-9H,2,5-6,15H2,1H3. The van der Waals surface area contributed by atoms with Gasteiger partial charge in [-0.15, -0.1) is 0 Å². The van der Waals surface area contributed by atoms with E-state index in [9.17, 15) is 4.79 Å². The molecule has 6 nitrogen and oxygen atoms in total. The number of nitrogens with two attached hydrogens (primary N) is 1. The fourth-order valence-corrected chi connectivity index (χ4v) is 2.42. The summed E-state index contributed by atoms with van der Waals surface area (Å²) in [4.78, 5) is 12.1. The van der Waals surface area contributed by atoms with E-state index in [1.54, 1.807) is 18.4 Å². The minimum Gasteiger partial charge on any atom is -0.463 e. The molecule has 0 unspecified atom stereocenters. The van der Waals surface area contributed by atoms with Crippen LogP contribution in [0.2, 0.25) is 0 Å². The lowest BCUT2D eigenvalue weighted by Crippen LogP contribution is -2.22. The van der Waals surface area contributed by atoms with Crippen molar-refractivity contribution in [1.29, 1.82) is 0 Å². The Kier molecular flexibility index (Phi) is 3.15. The normalized spacial score (nSPS) is 11.3. The van der Waals surface area contributed by atoms with Crippen LogP contribution in [0, 0.1) is 0 Å². The van der Waals surface area contributed by atoms with E-state index in [2.05, 4.69) is 5.10 Å². The van der Waals surface area contributed by atoms with E-state index in [-0.39, 0.29) is 5.56 Å². The first kappa shape index (κ1) is 12.7. The predicted molar refractivity (Wildman–Crippen MR) is 75.6 cm³/mol. The monoisotopic (exact) mass is 272 g/mol. The third-order valence-electron chi connectivity index (χ3n) is 3.30. The lowest BCUT2D eigenvalue weighted by atomic mass is 10.2. The predicted octanol–water partition coefficient (Wildman–Crippen LogP) is 1.28. The van der Waals surface area contributed by atoms with Gasteiger partial charge in [-0.25, -0.2) is 0 Å². The lowest BCUT2D eigenvalue weighted by molar-refractivity contribution is 0.579. The highest BCUT2D eigenvalue weighted by Gasteiger charge is 2.13. The maximum absolute atomic E-state index is 12.1. The highest BCUT2D eigenvalue weighted by molar-refractivity contribution is 5.59. The summed E-state index contributed by atoms with van der Waals surface area (Å²) in [6, 6.07) is 7.08. The molecule has 0 saturated carbocycles. The number of nitrogens with zero attached hydrogens (tertiary/aromatic N) is 3. The van der Waals surface area contributed by atoms with Gasteiger partial charge in [-0.3, -0.25) is 4.79 Å². The van der Waals surface area contributed by atoms with E-state index in [0.717, 1.165) is 17.9 Å². The third kappa shape index (κ3) is 1.94. The first-order chi connectivity index (χ1) is 9.74. The van der Waals surface area contributed by atoms with Crippen molar-refractivity contribution in [3.63, 3.8) is 0 Å². The van der Waals surface area contributed by atoms with Crippen LogP contribution < -0.4 is 11.3 Å². The van der Waals surface area contributed by atoms with Gasteiger partial charge in [-0.05, 0) is 25.6 Å². The second kappa shape index (κ2) is 4.97. The molecule has 2 N–H and O–H groups in total. The minimum atomic E-state index is -0.147. The van der Waals surface area contributed by atoms with Crippen LogP contribution in [0.1, 0.15) is 12.6 Å². The van der Waals surface area contributed by atoms with Crippen LogP contribution in [-0.2, 0) is 13.0 Å². The minimum absolute atomic E-state index is 0.147. The molecule has 0 aliphatic rings. The fraction of sp³-hybridized carbons (Fsp3) is 0.286. The Morgan fingerprint density at radius 2 is 2.25 bits per heavy atom. The molecule has 3 rings (SSSR count). The van der Waals surface area contributed by atoms with E-state index < -0.39 is 0 Å². The van der Waals surface area contributed by atoms with Crippen LogP contribution in [0.3, 0.4) is 0 Å². The second-order valence-electron chi connectivity index (χ2n) is 4.53. The van der Waals surface area contributed by atoms with Gasteiger partial charge in [-0.2, -0.15) is 9.61 Å². The average molecular weight is 272 g/mol. The molecule has 0 aliphatic carbocycles. The highest BCUT2D eigenvalue weighted by Crippen LogP contribution is 2.20. The van der Waals surface area contributed by atoms with Gasteiger partial charge in [0, 0.05) is 30.8 Å². The molecule has 0 amide bonds. The smallest absolute Gasteiger partial charge is 0.274 e. The molecule has 0 saturated heterocycles. The van der Waals surface area contributed by atoms with Gasteiger partial charge in [0.2, 0.25) is 0 Å². The Morgan fingerprint density at radius 3 is 2.90 bits per heavy atom. The summed E-state index contributed by atoms with van der Waals surface area (Å²) in [5.41, 5.74) is 7.80. The molecule has 0 aliphatic heterocycles. The van der Waals surface area contributed by atoms with Gasteiger partial charge < -0.3 is 14.7 Å². The van der Waals surface area contributed by atoms with Crippen LogP contribution in [0.25, 0.3) is 17.1 Å². The Labute approximate surface area is 115 Å². The first-order valence-electron chi connectivity index (χ1n) is 6.61. The molecule has 0 fully saturated rings. The van der Waals surface area contributed by atoms with Crippen molar-refractivity contribution in [3.8, 4) is 11.5 Å². The molecule has 3 heterocycles. The number of aryl methyl sites for hydroxylation is 1. The van der Waals surface area contributed by atoms with Crippen LogP contribution in [-0.4, -0.2) is 20.7 Å². The van der Waals surface area contributed by atoms with Crippen molar-refractivity contribution >= 4 is 5.65 Å². The Morgan fingerprint density at radius 1 is 1.40 bits per heavy atom. The summed E-state index contributed by atoms with van der Waals surface area (Å²) < 4.78 is 8.79. The van der Waals surface area contributed by atoms with Gasteiger partial charge in [0.1, 0.15) is 11.3 Å². The van der Waals surface area contributed by atoms with Crippen molar-refractivity contribution in [3.05, 3.63) is 46.6 Å². The van der Waals surface area contributed by atoms with Crippen LogP contribution >= 0.6 is 0 Å². The molecule has 20 heavy (non-hydrogen) atoms. The Balaban J connectivity index is 2.27. The van der Waals surface area contributed by atoms with Gasteiger partial charge >= 0.3 is 0 Å². The molecule has 6 heteroatoms. The molecule has 0 atom stereocenters. The van der Waals surface area contributed by atoms with Crippen molar-refractivity contribution in [2.75, 3.05) is 6.54 Å². The molecule has 0 radical (unpaired) electrons. The molecule has 3 aromatic heterocycles. The maximum Gasteiger partial charge on any atom is 0.274 e. The molecule has 0 aromatic carbocycles. The van der Waals surface area contributed by atoms with E-state index >= 15 is 0 Å². The second-order valence-corrected chi connectivity index (χ2v) is 4.53. The number of rotatable bonds is 4.